The molecule has 1 aliphatic heterocycles. The number of benzene rings is 1. The van der Waals surface area contributed by atoms with Crippen LogP contribution < -0.4 is 5.32 Å². The summed E-state index contributed by atoms with van der Waals surface area (Å²) in [5.41, 5.74) is 4.50. The monoisotopic (exact) mass is 388 g/mol. The summed E-state index contributed by atoms with van der Waals surface area (Å²) in [5.74, 6) is 0. The first-order valence-corrected chi connectivity index (χ1v) is 9.58. The van der Waals surface area contributed by atoms with Gasteiger partial charge in [0.05, 0.1) is 18.3 Å². The quantitative estimate of drug-likeness (QED) is 0.411. The van der Waals surface area contributed by atoms with Crippen molar-refractivity contribution >= 4 is 27.9 Å². The smallest absolute Gasteiger partial charge is 0.221 e. The molecule has 1 atom stereocenters. The minimum atomic E-state index is 0.108. The lowest BCUT2D eigenvalue weighted by atomic mass is 10.1. The maximum absolute atomic E-state index is 5.59. The van der Waals surface area contributed by atoms with E-state index in [1.807, 2.05) is 31.2 Å². The fraction of sp³-hybridized carbons (Fsp3) is 0.300. The molecule has 0 bridgehead atoms. The zero-order chi connectivity index (χ0) is 19.6. The Balaban J connectivity index is 1.41. The topological polar surface area (TPSA) is 103 Å². The highest BCUT2D eigenvalue weighted by atomic mass is 16.6. The van der Waals surface area contributed by atoms with E-state index in [1.54, 1.807) is 17.1 Å². The van der Waals surface area contributed by atoms with Crippen molar-refractivity contribution in [2.24, 2.45) is 5.16 Å². The van der Waals surface area contributed by atoms with Gasteiger partial charge in [-0.25, -0.2) is 14.6 Å². The third kappa shape index (κ3) is 3.64. The third-order valence-electron chi connectivity index (χ3n) is 4.95. The van der Waals surface area contributed by atoms with Crippen molar-refractivity contribution in [2.75, 3.05) is 13.1 Å². The van der Waals surface area contributed by atoms with Crippen molar-refractivity contribution in [2.45, 2.75) is 26.0 Å². The van der Waals surface area contributed by atoms with Crippen molar-refractivity contribution in [3.8, 4) is 0 Å². The molecule has 146 valence electrons. The Bertz CT molecular complexity index is 1200. The Hall–Kier alpha value is -3.46. The van der Waals surface area contributed by atoms with Gasteiger partial charge >= 0.3 is 0 Å². The molecule has 9 nitrogen and oxygen atoms in total. The molecule has 1 aliphatic rings. The van der Waals surface area contributed by atoms with Crippen molar-refractivity contribution in [3.05, 3.63) is 54.0 Å². The molecule has 4 aromatic rings. The van der Waals surface area contributed by atoms with Crippen LogP contribution in [0.3, 0.4) is 0 Å². The Labute approximate surface area is 166 Å². The Morgan fingerprint density at radius 1 is 1.31 bits per heavy atom. The van der Waals surface area contributed by atoms with Crippen LogP contribution in [0.2, 0.25) is 0 Å². The molecule has 0 aliphatic carbocycles. The average molecular weight is 388 g/mol. The van der Waals surface area contributed by atoms with Gasteiger partial charge in [0.25, 0.3) is 0 Å². The molecule has 1 aromatic carbocycles. The number of oxime groups is 1. The van der Waals surface area contributed by atoms with E-state index in [0.717, 1.165) is 36.0 Å². The standard InChI is InChI=1S/C20H20N8O/c1-13(26-29-16-6-8-21-10-16)18-11-23-19-20(24-18)28(27-25-19)12-14-4-5-17-15(9-14)3-2-7-22-17/h2-5,7,9,11,16,21H,6,8,10,12H2,1H3. The van der Waals surface area contributed by atoms with Gasteiger partial charge in [-0.15, -0.1) is 5.10 Å². The van der Waals surface area contributed by atoms with Gasteiger partial charge in [-0.05, 0) is 37.2 Å². The van der Waals surface area contributed by atoms with Gasteiger partial charge in [0, 0.05) is 24.5 Å². The summed E-state index contributed by atoms with van der Waals surface area (Å²) in [6.07, 6.45) is 4.51. The van der Waals surface area contributed by atoms with Crippen LogP contribution in [0.15, 0.2) is 47.9 Å². The number of rotatable bonds is 5. The van der Waals surface area contributed by atoms with E-state index in [4.69, 9.17) is 4.84 Å². The second-order valence-corrected chi connectivity index (χ2v) is 7.08. The molecule has 0 radical (unpaired) electrons. The Morgan fingerprint density at radius 3 is 3.17 bits per heavy atom. The summed E-state index contributed by atoms with van der Waals surface area (Å²) in [6, 6.07) is 10.1. The van der Waals surface area contributed by atoms with E-state index in [9.17, 15) is 0 Å². The number of aromatic nitrogens is 6. The first kappa shape index (κ1) is 17.6. The molecular formula is C20H20N8O. The maximum atomic E-state index is 5.59. The van der Waals surface area contributed by atoms with Crippen LogP contribution in [0.5, 0.6) is 0 Å². The SMILES string of the molecule is CC(=NOC1CCNC1)c1cnc2nnn(Cc3ccc4ncccc4c3)c2n1. The molecule has 5 rings (SSSR count). The molecule has 1 N–H and O–H groups in total. The van der Waals surface area contributed by atoms with E-state index in [0.29, 0.717) is 29.2 Å². The molecule has 1 fully saturated rings. The Morgan fingerprint density at radius 2 is 2.28 bits per heavy atom. The zero-order valence-electron chi connectivity index (χ0n) is 16.0. The van der Waals surface area contributed by atoms with E-state index < -0.39 is 0 Å². The number of fused-ring (bicyclic) bond motifs is 2. The highest BCUT2D eigenvalue weighted by Gasteiger charge is 2.16. The summed E-state index contributed by atoms with van der Waals surface area (Å²) in [6.45, 7) is 4.18. The van der Waals surface area contributed by atoms with E-state index >= 15 is 0 Å². The Kier molecular flexibility index (Phi) is 4.57. The molecule has 9 heteroatoms. The predicted molar refractivity (Wildman–Crippen MR) is 109 cm³/mol. The van der Waals surface area contributed by atoms with Gasteiger partial charge in [0.1, 0.15) is 17.5 Å². The summed E-state index contributed by atoms with van der Waals surface area (Å²) in [7, 11) is 0. The largest absolute Gasteiger partial charge is 0.391 e. The number of hydrogen-bond acceptors (Lipinski definition) is 8. The van der Waals surface area contributed by atoms with E-state index in [2.05, 4.69) is 41.8 Å². The maximum Gasteiger partial charge on any atom is 0.221 e. The molecule has 1 saturated heterocycles. The fourth-order valence-electron chi connectivity index (χ4n) is 3.35. The number of hydrogen-bond donors (Lipinski definition) is 1. The van der Waals surface area contributed by atoms with Crippen LogP contribution in [0, 0.1) is 0 Å². The molecule has 0 spiro atoms. The lowest BCUT2D eigenvalue weighted by Gasteiger charge is -2.07. The van der Waals surface area contributed by atoms with Crippen molar-refractivity contribution < 1.29 is 4.84 Å². The lowest BCUT2D eigenvalue weighted by Crippen LogP contribution is -2.15. The number of nitrogens with one attached hydrogen (secondary N) is 1. The lowest BCUT2D eigenvalue weighted by molar-refractivity contribution is 0.0735. The minimum Gasteiger partial charge on any atom is -0.391 e. The highest BCUT2D eigenvalue weighted by molar-refractivity contribution is 5.97. The predicted octanol–water partition coefficient (Wildman–Crippen LogP) is 1.92. The van der Waals surface area contributed by atoms with Gasteiger partial charge in [-0.3, -0.25) is 4.98 Å². The molecule has 1 unspecified atom stereocenters. The van der Waals surface area contributed by atoms with Gasteiger partial charge in [-0.1, -0.05) is 22.5 Å². The van der Waals surface area contributed by atoms with E-state index in [-0.39, 0.29) is 6.10 Å². The second-order valence-electron chi connectivity index (χ2n) is 7.08. The molecule has 0 amide bonds. The van der Waals surface area contributed by atoms with Crippen LogP contribution in [-0.2, 0) is 11.4 Å². The summed E-state index contributed by atoms with van der Waals surface area (Å²) < 4.78 is 1.75. The van der Waals surface area contributed by atoms with Crippen molar-refractivity contribution in [1.82, 2.24) is 35.3 Å². The van der Waals surface area contributed by atoms with Crippen molar-refractivity contribution in [3.63, 3.8) is 0 Å². The molecule has 4 heterocycles. The van der Waals surface area contributed by atoms with Gasteiger partial charge in [-0.2, -0.15) is 0 Å². The van der Waals surface area contributed by atoms with Crippen LogP contribution in [0.1, 0.15) is 24.6 Å². The molecule has 0 saturated carbocycles. The van der Waals surface area contributed by atoms with Crippen molar-refractivity contribution in [1.29, 1.82) is 0 Å². The van der Waals surface area contributed by atoms with Crippen LogP contribution in [-0.4, -0.2) is 54.9 Å². The van der Waals surface area contributed by atoms with Crippen LogP contribution >= 0.6 is 0 Å². The summed E-state index contributed by atoms with van der Waals surface area (Å²) in [4.78, 5) is 19.0. The molecule has 29 heavy (non-hydrogen) atoms. The number of nitrogens with zero attached hydrogens (tertiary/aromatic N) is 7. The average Bonchev–Trinajstić information content (AvgIpc) is 3.42. The minimum absolute atomic E-state index is 0.108. The number of pyridine rings is 1. The zero-order valence-corrected chi connectivity index (χ0v) is 16.0. The second kappa shape index (κ2) is 7.51. The summed E-state index contributed by atoms with van der Waals surface area (Å²) >= 11 is 0. The van der Waals surface area contributed by atoms with E-state index in [1.165, 1.54) is 0 Å². The van der Waals surface area contributed by atoms with Gasteiger partial charge < -0.3 is 10.2 Å². The highest BCUT2D eigenvalue weighted by Crippen LogP contribution is 2.16. The third-order valence-corrected chi connectivity index (χ3v) is 4.95. The van der Waals surface area contributed by atoms with Gasteiger partial charge in [0.15, 0.2) is 5.65 Å². The first-order chi connectivity index (χ1) is 14.3. The normalized spacial score (nSPS) is 17.3. The molecular weight excluding hydrogens is 368 g/mol. The van der Waals surface area contributed by atoms with Gasteiger partial charge in [0.2, 0.25) is 5.65 Å². The molecule has 3 aromatic heterocycles. The van der Waals surface area contributed by atoms with Crippen LogP contribution in [0.25, 0.3) is 22.2 Å². The van der Waals surface area contributed by atoms with Crippen LogP contribution in [0.4, 0.5) is 0 Å². The fourth-order valence-corrected chi connectivity index (χ4v) is 3.35. The first-order valence-electron chi connectivity index (χ1n) is 9.58. The summed E-state index contributed by atoms with van der Waals surface area (Å²) in [5, 5.41) is 16.9.